The number of esters is 1. The lowest BCUT2D eigenvalue weighted by Crippen LogP contribution is -2.53. The number of rotatable bonds is 5. The van der Waals surface area contributed by atoms with Crippen LogP contribution in [0.2, 0.25) is 0 Å². The Morgan fingerprint density at radius 3 is 2.46 bits per heavy atom. The molecule has 0 unspecified atom stereocenters. The Balaban J connectivity index is 2.07. The number of hydrogen-bond acceptors (Lipinski definition) is 5. The highest BCUT2D eigenvalue weighted by molar-refractivity contribution is 5.87. The molecule has 0 saturated carbocycles. The van der Waals surface area contributed by atoms with Crippen molar-refractivity contribution in [3.8, 4) is 0 Å². The van der Waals surface area contributed by atoms with E-state index in [9.17, 15) is 14.4 Å². The highest BCUT2D eigenvalue weighted by atomic mass is 16.6. The normalized spacial score (nSPS) is 15.1. The van der Waals surface area contributed by atoms with Gasteiger partial charge in [0.25, 0.3) is 0 Å². The van der Waals surface area contributed by atoms with Crippen LogP contribution in [0.3, 0.4) is 0 Å². The average molecular weight is 388 g/mol. The number of carbonyl (C=O) groups excluding carboxylic acids is 3. The molecule has 2 rings (SSSR count). The number of nitrogens with zero attached hydrogens (tertiary/aromatic N) is 2. The first-order valence-electron chi connectivity index (χ1n) is 9.44. The fraction of sp³-hybridized carbons (Fsp3) is 0.476. The topological polar surface area (TPSA) is 76.2 Å². The molecule has 0 aliphatic carbocycles. The lowest BCUT2D eigenvalue weighted by Gasteiger charge is -2.38. The van der Waals surface area contributed by atoms with Crippen LogP contribution in [0.15, 0.2) is 30.3 Å². The molecule has 0 radical (unpaired) electrons. The van der Waals surface area contributed by atoms with Crippen LogP contribution in [0.1, 0.15) is 51.7 Å². The molecule has 1 aromatic rings. The Hall–Kier alpha value is -2.83. The van der Waals surface area contributed by atoms with E-state index in [1.54, 1.807) is 33.8 Å². The molecule has 152 valence electrons. The summed E-state index contributed by atoms with van der Waals surface area (Å²) >= 11 is 0. The second-order valence-electron chi connectivity index (χ2n) is 7.49. The summed E-state index contributed by atoms with van der Waals surface area (Å²) < 4.78 is 10.3. The first-order chi connectivity index (χ1) is 13.2. The third-order valence-corrected chi connectivity index (χ3v) is 3.95. The van der Waals surface area contributed by atoms with Crippen molar-refractivity contribution < 1.29 is 23.9 Å². The van der Waals surface area contributed by atoms with E-state index in [-0.39, 0.29) is 12.5 Å². The summed E-state index contributed by atoms with van der Waals surface area (Å²) in [7, 11) is 0. The zero-order chi connectivity index (χ0) is 20.7. The fourth-order valence-corrected chi connectivity index (χ4v) is 2.70. The predicted octanol–water partition coefficient (Wildman–Crippen LogP) is 3.54. The molecule has 1 aliphatic rings. The van der Waals surface area contributed by atoms with Gasteiger partial charge in [-0.05, 0) is 51.3 Å². The van der Waals surface area contributed by atoms with E-state index in [1.165, 1.54) is 16.1 Å². The van der Waals surface area contributed by atoms with Crippen LogP contribution in [0.25, 0.3) is 6.08 Å². The Kier molecular flexibility index (Phi) is 7.20. The minimum atomic E-state index is -0.629. The lowest BCUT2D eigenvalue weighted by atomic mass is 10.1. The number of amides is 2. The first kappa shape index (κ1) is 21.5. The van der Waals surface area contributed by atoms with E-state index in [0.29, 0.717) is 26.0 Å². The summed E-state index contributed by atoms with van der Waals surface area (Å²) in [4.78, 5) is 36.3. The van der Waals surface area contributed by atoms with E-state index < -0.39 is 17.7 Å². The molecule has 7 nitrogen and oxygen atoms in total. The highest BCUT2D eigenvalue weighted by Crippen LogP contribution is 2.20. The van der Waals surface area contributed by atoms with Gasteiger partial charge in [-0.1, -0.05) is 24.3 Å². The second-order valence-corrected chi connectivity index (χ2v) is 7.49. The van der Waals surface area contributed by atoms with Crippen molar-refractivity contribution in [2.45, 2.75) is 52.7 Å². The Morgan fingerprint density at radius 2 is 1.86 bits per heavy atom. The van der Waals surface area contributed by atoms with Crippen LogP contribution >= 0.6 is 0 Å². The van der Waals surface area contributed by atoms with Crippen molar-refractivity contribution in [3.63, 3.8) is 0 Å². The molecule has 28 heavy (non-hydrogen) atoms. The second kappa shape index (κ2) is 9.39. The quantitative estimate of drug-likeness (QED) is 0.570. The maximum atomic E-state index is 12.5. The molecule has 0 N–H and O–H groups in total. The zero-order valence-electron chi connectivity index (χ0n) is 16.9. The van der Waals surface area contributed by atoms with Gasteiger partial charge in [-0.15, -0.1) is 0 Å². The minimum absolute atomic E-state index is 0.108. The number of hydrazine groups is 1. The summed E-state index contributed by atoms with van der Waals surface area (Å²) in [5.74, 6) is -0.498. The van der Waals surface area contributed by atoms with Gasteiger partial charge in [0.1, 0.15) is 5.60 Å². The SMILES string of the molecule is CCOC(=O)C=Cc1ccc(CN2C(=O)CCCN2C(=O)OC(C)(C)C)cc1. The van der Waals surface area contributed by atoms with Crippen LogP contribution in [-0.4, -0.2) is 46.7 Å². The number of carbonyl (C=O) groups is 3. The van der Waals surface area contributed by atoms with E-state index in [1.807, 2.05) is 24.3 Å². The van der Waals surface area contributed by atoms with Crippen LogP contribution < -0.4 is 0 Å². The molecule has 7 heteroatoms. The summed E-state index contributed by atoms with van der Waals surface area (Å²) in [5, 5.41) is 2.83. The minimum Gasteiger partial charge on any atom is -0.463 e. The molecule has 0 aromatic heterocycles. The van der Waals surface area contributed by atoms with Crippen LogP contribution in [-0.2, 0) is 25.6 Å². The standard InChI is InChI=1S/C21H28N2O5/c1-5-27-19(25)13-12-16-8-10-17(11-9-16)15-23-18(24)7-6-14-22(23)20(26)28-21(2,3)4/h8-13H,5-7,14-15H2,1-4H3. The Bertz CT molecular complexity index is 734. The lowest BCUT2D eigenvalue weighted by molar-refractivity contribution is -0.155. The zero-order valence-corrected chi connectivity index (χ0v) is 16.9. The fourth-order valence-electron chi connectivity index (χ4n) is 2.70. The monoisotopic (exact) mass is 388 g/mol. The molecule has 1 aliphatic heterocycles. The summed E-state index contributed by atoms with van der Waals surface area (Å²) in [6.45, 7) is 8.20. The van der Waals surface area contributed by atoms with Crippen molar-refractivity contribution in [2.75, 3.05) is 13.2 Å². The van der Waals surface area contributed by atoms with Gasteiger partial charge in [0.15, 0.2) is 0 Å². The van der Waals surface area contributed by atoms with Crippen molar-refractivity contribution in [1.29, 1.82) is 0 Å². The van der Waals surface area contributed by atoms with Crippen LogP contribution in [0.5, 0.6) is 0 Å². The van der Waals surface area contributed by atoms with E-state index >= 15 is 0 Å². The maximum absolute atomic E-state index is 12.5. The average Bonchev–Trinajstić information content (AvgIpc) is 2.61. The van der Waals surface area contributed by atoms with Gasteiger partial charge in [-0.2, -0.15) is 0 Å². The van der Waals surface area contributed by atoms with E-state index in [2.05, 4.69) is 0 Å². The number of hydrogen-bond donors (Lipinski definition) is 0. The largest absolute Gasteiger partial charge is 0.463 e. The summed E-state index contributed by atoms with van der Waals surface area (Å²) in [5.41, 5.74) is 1.08. The van der Waals surface area contributed by atoms with Gasteiger partial charge >= 0.3 is 12.1 Å². The van der Waals surface area contributed by atoms with Gasteiger partial charge in [0.05, 0.1) is 13.2 Å². The predicted molar refractivity (Wildman–Crippen MR) is 105 cm³/mol. The molecular formula is C21H28N2O5. The number of benzene rings is 1. The van der Waals surface area contributed by atoms with Gasteiger partial charge < -0.3 is 9.47 Å². The van der Waals surface area contributed by atoms with Gasteiger partial charge in [-0.25, -0.2) is 19.6 Å². The number of ether oxygens (including phenoxy) is 2. The van der Waals surface area contributed by atoms with Gasteiger partial charge in [0, 0.05) is 19.0 Å². The molecule has 2 amide bonds. The molecule has 1 fully saturated rings. The van der Waals surface area contributed by atoms with E-state index in [4.69, 9.17) is 9.47 Å². The van der Waals surface area contributed by atoms with Crippen molar-refractivity contribution in [2.24, 2.45) is 0 Å². The van der Waals surface area contributed by atoms with Crippen molar-refractivity contribution >= 4 is 24.0 Å². The highest BCUT2D eigenvalue weighted by Gasteiger charge is 2.32. The van der Waals surface area contributed by atoms with Crippen LogP contribution in [0.4, 0.5) is 4.79 Å². The Labute approximate surface area is 165 Å². The molecule has 0 atom stereocenters. The third-order valence-electron chi connectivity index (χ3n) is 3.95. The molecule has 0 spiro atoms. The third kappa shape index (κ3) is 6.40. The summed E-state index contributed by atoms with van der Waals surface area (Å²) in [6.07, 6.45) is 3.54. The van der Waals surface area contributed by atoms with E-state index in [0.717, 1.165) is 11.1 Å². The molecule has 1 aromatic carbocycles. The Morgan fingerprint density at radius 1 is 1.18 bits per heavy atom. The summed E-state index contributed by atoms with van der Waals surface area (Å²) in [6, 6.07) is 7.41. The molecule has 1 heterocycles. The van der Waals surface area contributed by atoms with Gasteiger partial charge in [-0.3, -0.25) is 4.79 Å². The van der Waals surface area contributed by atoms with Crippen LogP contribution in [0, 0.1) is 0 Å². The molecular weight excluding hydrogens is 360 g/mol. The first-order valence-corrected chi connectivity index (χ1v) is 9.44. The van der Waals surface area contributed by atoms with Gasteiger partial charge in [0.2, 0.25) is 5.91 Å². The smallest absolute Gasteiger partial charge is 0.429 e. The molecule has 1 saturated heterocycles. The van der Waals surface area contributed by atoms with Crippen molar-refractivity contribution in [3.05, 3.63) is 41.5 Å². The molecule has 0 bridgehead atoms. The maximum Gasteiger partial charge on any atom is 0.429 e. The van der Waals surface area contributed by atoms with Crippen molar-refractivity contribution in [1.82, 2.24) is 10.0 Å².